The molecule has 1 aromatic carbocycles. The number of benzene rings is 1. The third kappa shape index (κ3) is 4.47. The van der Waals surface area contributed by atoms with Gasteiger partial charge in [0.1, 0.15) is 5.75 Å². The van der Waals surface area contributed by atoms with Crippen LogP contribution in [0.2, 0.25) is 0 Å². The lowest BCUT2D eigenvalue weighted by Crippen LogP contribution is -2.28. The van der Waals surface area contributed by atoms with Crippen LogP contribution in [0.4, 0.5) is 0 Å². The van der Waals surface area contributed by atoms with Crippen LogP contribution < -0.4 is 15.6 Å². The first-order chi connectivity index (χ1) is 11.5. The lowest BCUT2D eigenvalue weighted by Gasteiger charge is -2.15. The molecule has 1 N–H and O–H groups in total. The van der Waals surface area contributed by atoms with Crippen molar-refractivity contribution in [1.82, 2.24) is 9.88 Å². The average molecular weight is 328 g/mol. The van der Waals surface area contributed by atoms with E-state index in [-0.39, 0.29) is 17.5 Å². The molecule has 0 saturated carbocycles. The Bertz CT molecular complexity index is 735. The van der Waals surface area contributed by atoms with Gasteiger partial charge < -0.3 is 14.6 Å². The molecule has 0 aliphatic heterocycles. The van der Waals surface area contributed by atoms with Crippen LogP contribution in [0.3, 0.4) is 0 Å². The normalized spacial score (nSPS) is 11.8. The number of aryl methyl sites for hydroxylation is 1. The molecule has 128 valence electrons. The molecule has 0 radical (unpaired) electrons. The summed E-state index contributed by atoms with van der Waals surface area (Å²) in [5.41, 5.74) is 1.18. The number of pyridine rings is 1. The molecule has 0 aliphatic carbocycles. The second-order valence-corrected chi connectivity index (χ2v) is 5.65. The molecular weight excluding hydrogens is 304 g/mol. The smallest absolute Gasteiger partial charge is 0.252 e. The predicted octanol–water partition coefficient (Wildman–Crippen LogP) is 3.15. The van der Waals surface area contributed by atoms with Gasteiger partial charge in [0, 0.05) is 24.4 Å². The molecule has 0 spiro atoms. The Kier molecular flexibility index (Phi) is 6.18. The maximum atomic E-state index is 12.3. The van der Waals surface area contributed by atoms with Gasteiger partial charge in [-0.1, -0.05) is 19.1 Å². The lowest BCUT2D eigenvalue weighted by molar-refractivity contribution is 0.0939. The molecule has 2 aromatic rings. The van der Waals surface area contributed by atoms with Gasteiger partial charge in [-0.2, -0.15) is 0 Å². The van der Waals surface area contributed by atoms with Crippen molar-refractivity contribution in [1.29, 1.82) is 0 Å². The summed E-state index contributed by atoms with van der Waals surface area (Å²) in [6, 6.07) is 10.5. The Morgan fingerprint density at radius 2 is 1.92 bits per heavy atom. The zero-order valence-electron chi connectivity index (χ0n) is 14.4. The third-order valence-corrected chi connectivity index (χ3v) is 3.80. The highest BCUT2D eigenvalue weighted by atomic mass is 16.5. The molecule has 1 unspecified atom stereocenters. The summed E-state index contributed by atoms with van der Waals surface area (Å²) in [5.74, 6) is 0.566. The molecular formula is C19H24N2O3. The number of carbonyl (C=O) groups is 1. The van der Waals surface area contributed by atoms with E-state index in [2.05, 4.69) is 12.2 Å². The van der Waals surface area contributed by atoms with E-state index in [4.69, 9.17) is 4.74 Å². The fraction of sp³-hybridized carbons (Fsp3) is 0.368. The number of rotatable bonds is 7. The number of hydrogen-bond donors (Lipinski definition) is 1. The molecule has 2 rings (SSSR count). The lowest BCUT2D eigenvalue weighted by atomic mass is 10.1. The minimum absolute atomic E-state index is 0.161. The van der Waals surface area contributed by atoms with Crippen molar-refractivity contribution in [3.63, 3.8) is 0 Å². The zero-order valence-corrected chi connectivity index (χ0v) is 14.4. The summed E-state index contributed by atoms with van der Waals surface area (Å²) in [4.78, 5) is 24.1. The minimum atomic E-state index is -0.255. The summed E-state index contributed by atoms with van der Waals surface area (Å²) >= 11 is 0. The maximum absolute atomic E-state index is 12.3. The minimum Gasteiger partial charge on any atom is -0.494 e. The van der Waals surface area contributed by atoms with Gasteiger partial charge in [0.05, 0.1) is 12.6 Å². The topological polar surface area (TPSA) is 60.3 Å². The number of carbonyl (C=O) groups excluding carboxylic acids is 1. The first-order valence-electron chi connectivity index (χ1n) is 8.29. The van der Waals surface area contributed by atoms with Crippen molar-refractivity contribution >= 4 is 5.91 Å². The predicted molar refractivity (Wildman–Crippen MR) is 94.5 cm³/mol. The van der Waals surface area contributed by atoms with Gasteiger partial charge in [0.15, 0.2) is 0 Å². The summed E-state index contributed by atoms with van der Waals surface area (Å²) in [6.07, 6.45) is 2.60. The SMILES string of the molecule is CCCOc1ccc(C(C)NC(=O)c2ccn(CC)c(=O)c2)cc1. The van der Waals surface area contributed by atoms with E-state index in [1.165, 1.54) is 6.07 Å². The molecule has 1 heterocycles. The molecule has 0 saturated heterocycles. The highest BCUT2D eigenvalue weighted by Crippen LogP contribution is 2.18. The summed E-state index contributed by atoms with van der Waals surface area (Å²) in [7, 11) is 0. The fourth-order valence-electron chi connectivity index (χ4n) is 2.35. The molecule has 0 bridgehead atoms. The summed E-state index contributed by atoms with van der Waals surface area (Å²) in [5, 5.41) is 2.91. The number of nitrogens with one attached hydrogen (secondary N) is 1. The highest BCUT2D eigenvalue weighted by Gasteiger charge is 2.12. The molecule has 24 heavy (non-hydrogen) atoms. The maximum Gasteiger partial charge on any atom is 0.252 e. The van der Waals surface area contributed by atoms with Crippen molar-refractivity contribution in [3.05, 3.63) is 64.1 Å². The van der Waals surface area contributed by atoms with Crippen molar-refractivity contribution in [2.45, 2.75) is 39.8 Å². The third-order valence-electron chi connectivity index (χ3n) is 3.80. The van der Waals surface area contributed by atoms with Gasteiger partial charge >= 0.3 is 0 Å². The Morgan fingerprint density at radius 1 is 1.21 bits per heavy atom. The van der Waals surface area contributed by atoms with E-state index in [0.29, 0.717) is 18.7 Å². The van der Waals surface area contributed by atoms with E-state index >= 15 is 0 Å². The summed E-state index contributed by atoms with van der Waals surface area (Å²) in [6.45, 7) is 7.13. The van der Waals surface area contributed by atoms with E-state index in [1.807, 2.05) is 38.1 Å². The van der Waals surface area contributed by atoms with Crippen LogP contribution in [0.1, 0.15) is 49.2 Å². The monoisotopic (exact) mass is 328 g/mol. The van der Waals surface area contributed by atoms with E-state index < -0.39 is 0 Å². The van der Waals surface area contributed by atoms with Gasteiger partial charge in [0.25, 0.3) is 11.5 Å². The molecule has 1 amide bonds. The van der Waals surface area contributed by atoms with Crippen LogP contribution in [-0.4, -0.2) is 17.1 Å². The van der Waals surface area contributed by atoms with Crippen molar-refractivity contribution in [2.24, 2.45) is 0 Å². The molecule has 0 fully saturated rings. The molecule has 1 aromatic heterocycles. The standard InChI is InChI=1S/C19H24N2O3/c1-4-12-24-17-8-6-15(7-9-17)14(3)20-19(23)16-10-11-21(5-2)18(22)13-16/h6-11,13-14H,4-5,12H2,1-3H3,(H,20,23). The largest absolute Gasteiger partial charge is 0.494 e. The van der Waals surface area contributed by atoms with Crippen LogP contribution in [0.15, 0.2) is 47.4 Å². The first-order valence-corrected chi connectivity index (χ1v) is 8.29. The fourth-order valence-corrected chi connectivity index (χ4v) is 2.35. The molecule has 1 atom stereocenters. The second-order valence-electron chi connectivity index (χ2n) is 5.65. The quantitative estimate of drug-likeness (QED) is 0.849. The van der Waals surface area contributed by atoms with Gasteiger partial charge in [-0.25, -0.2) is 0 Å². The zero-order chi connectivity index (χ0) is 17.5. The van der Waals surface area contributed by atoms with Gasteiger partial charge in [0.2, 0.25) is 0 Å². The number of aromatic nitrogens is 1. The van der Waals surface area contributed by atoms with Crippen molar-refractivity contribution in [2.75, 3.05) is 6.61 Å². The van der Waals surface area contributed by atoms with Crippen molar-refractivity contribution in [3.8, 4) is 5.75 Å². The van der Waals surface area contributed by atoms with Gasteiger partial charge in [-0.3, -0.25) is 9.59 Å². The second kappa shape index (κ2) is 8.34. The van der Waals surface area contributed by atoms with E-state index in [0.717, 1.165) is 17.7 Å². The van der Waals surface area contributed by atoms with Crippen LogP contribution >= 0.6 is 0 Å². The summed E-state index contributed by atoms with van der Waals surface area (Å²) < 4.78 is 7.10. The Balaban J connectivity index is 2.03. The van der Waals surface area contributed by atoms with Crippen LogP contribution in [0, 0.1) is 0 Å². The number of hydrogen-bond acceptors (Lipinski definition) is 3. The first kappa shape index (κ1) is 17.8. The Morgan fingerprint density at radius 3 is 2.50 bits per heavy atom. The highest BCUT2D eigenvalue weighted by molar-refractivity contribution is 5.94. The Labute approximate surface area is 142 Å². The van der Waals surface area contributed by atoms with Crippen LogP contribution in [0.5, 0.6) is 5.75 Å². The van der Waals surface area contributed by atoms with E-state index in [9.17, 15) is 9.59 Å². The van der Waals surface area contributed by atoms with Gasteiger partial charge in [-0.15, -0.1) is 0 Å². The average Bonchev–Trinajstić information content (AvgIpc) is 2.60. The van der Waals surface area contributed by atoms with E-state index in [1.54, 1.807) is 16.8 Å². The molecule has 5 nitrogen and oxygen atoms in total. The number of amides is 1. The van der Waals surface area contributed by atoms with Gasteiger partial charge in [-0.05, 0) is 44.0 Å². The molecule has 0 aliphatic rings. The number of nitrogens with zero attached hydrogens (tertiary/aromatic N) is 1. The molecule has 5 heteroatoms. The van der Waals surface area contributed by atoms with Crippen molar-refractivity contribution < 1.29 is 9.53 Å². The Hall–Kier alpha value is -2.56. The van der Waals surface area contributed by atoms with Crippen LogP contribution in [-0.2, 0) is 6.54 Å². The number of ether oxygens (including phenoxy) is 1. The van der Waals surface area contributed by atoms with Crippen LogP contribution in [0.25, 0.3) is 0 Å².